The van der Waals surface area contributed by atoms with Crippen LogP contribution in [-0.4, -0.2) is 17.8 Å². The Labute approximate surface area is 92.3 Å². The standard InChI is InChI=1S/C12H12N2O2/c1-7(15)9-6-8-4-3-5-10(13-2)11(8)14-12(9)16/h3-6,13H,1-2H3,(H,14,16). The molecule has 4 heteroatoms. The number of fused-ring (bicyclic) bond motifs is 1. The van der Waals surface area contributed by atoms with E-state index in [2.05, 4.69) is 10.3 Å². The number of aromatic nitrogens is 1. The maximum Gasteiger partial charge on any atom is 0.259 e. The van der Waals surface area contributed by atoms with Crippen molar-refractivity contribution in [3.05, 3.63) is 40.2 Å². The number of ketones is 1. The quantitative estimate of drug-likeness (QED) is 0.752. The van der Waals surface area contributed by atoms with Crippen molar-refractivity contribution in [1.82, 2.24) is 4.98 Å². The molecule has 4 nitrogen and oxygen atoms in total. The Morgan fingerprint density at radius 1 is 1.38 bits per heavy atom. The van der Waals surface area contributed by atoms with E-state index in [4.69, 9.17) is 0 Å². The largest absolute Gasteiger partial charge is 0.386 e. The molecule has 0 fully saturated rings. The summed E-state index contributed by atoms with van der Waals surface area (Å²) in [4.78, 5) is 25.6. The highest BCUT2D eigenvalue weighted by molar-refractivity contribution is 5.99. The zero-order valence-corrected chi connectivity index (χ0v) is 9.13. The van der Waals surface area contributed by atoms with Gasteiger partial charge in [-0.25, -0.2) is 0 Å². The van der Waals surface area contributed by atoms with Gasteiger partial charge in [-0.15, -0.1) is 0 Å². The van der Waals surface area contributed by atoms with Crippen LogP contribution in [-0.2, 0) is 0 Å². The van der Waals surface area contributed by atoms with Crippen LogP contribution in [0.5, 0.6) is 0 Å². The summed E-state index contributed by atoms with van der Waals surface area (Å²) in [7, 11) is 1.78. The van der Waals surface area contributed by atoms with Gasteiger partial charge in [-0.2, -0.15) is 0 Å². The summed E-state index contributed by atoms with van der Waals surface area (Å²) < 4.78 is 0. The fourth-order valence-corrected chi connectivity index (χ4v) is 1.70. The molecule has 0 saturated carbocycles. The van der Waals surface area contributed by atoms with E-state index < -0.39 is 0 Å². The molecule has 82 valence electrons. The summed E-state index contributed by atoms with van der Waals surface area (Å²) >= 11 is 0. The number of para-hydroxylation sites is 1. The minimum absolute atomic E-state index is 0.195. The third-order valence-electron chi connectivity index (χ3n) is 2.53. The number of Topliss-reactive ketones (excluding diaryl/α,β-unsaturated/α-hetero) is 1. The van der Waals surface area contributed by atoms with Crippen LogP contribution in [0.2, 0.25) is 0 Å². The number of anilines is 1. The molecule has 0 saturated heterocycles. The molecular formula is C12H12N2O2. The molecule has 0 spiro atoms. The second-order valence-electron chi connectivity index (χ2n) is 3.59. The molecule has 0 unspecified atom stereocenters. The zero-order valence-electron chi connectivity index (χ0n) is 9.13. The van der Waals surface area contributed by atoms with Crippen LogP contribution >= 0.6 is 0 Å². The van der Waals surface area contributed by atoms with Crippen LogP contribution in [0.3, 0.4) is 0 Å². The van der Waals surface area contributed by atoms with Gasteiger partial charge in [-0.3, -0.25) is 9.59 Å². The third kappa shape index (κ3) is 1.58. The number of carbonyl (C=O) groups is 1. The summed E-state index contributed by atoms with van der Waals surface area (Å²) in [5, 5.41) is 3.83. The molecule has 0 aliphatic rings. The van der Waals surface area contributed by atoms with Crippen molar-refractivity contribution < 1.29 is 4.79 Å². The van der Waals surface area contributed by atoms with E-state index in [1.165, 1.54) is 6.92 Å². The highest BCUT2D eigenvalue weighted by atomic mass is 16.1. The lowest BCUT2D eigenvalue weighted by molar-refractivity contribution is 0.101. The molecule has 1 aromatic heterocycles. The molecule has 1 heterocycles. The summed E-state index contributed by atoms with van der Waals surface area (Å²) in [6, 6.07) is 7.22. The Hall–Kier alpha value is -2.10. The molecule has 0 radical (unpaired) electrons. The number of hydrogen-bond donors (Lipinski definition) is 2. The molecular weight excluding hydrogens is 204 g/mol. The summed E-state index contributed by atoms with van der Waals surface area (Å²) in [6.07, 6.45) is 0. The summed E-state index contributed by atoms with van der Waals surface area (Å²) in [5.41, 5.74) is 1.41. The zero-order chi connectivity index (χ0) is 11.7. The molecule has 0 atom stereocenters. The fraction of sp³-hybridized carbons (Fsp3) is 0.167. The fourth-order valence-electron chi connectivity index (χ4n) is 1.70. The number of rotatable bonds is 2. The predicted octanol–water partition coefficient (Wildman–Crippen LogP) is 1.77. The van der Waals surface area contributed by atoms with Gasteiger partial charge in [-0.1, -0.05) is 12.1 Å². The van der Waals surface area contributed by atoms with Crippen molar-refractivity contribution in [3.8, 4) is 0 Å². The Morgan fingerprint density at radius 3 is 2.75 bits per heavy atom. The van der Waals surface area contributed by atoms with E-state index in [9.17, 15) is 9.59 Å². The van der Waals surface area contributed by atoms with E-state index in [-0.39, 0.29) is 16.9 Å². The highest BCUT2D eigenvalue weighted by Gasteiger charge is 2.08. The van der Waals surface area contributed by atoms with E-state index >= 15 is 0 Å². The molecule has 1 aromatic carbocycles. The lowest BCUT2D eigenvalue weighted by Gasteiger charge is -2.06. The third-order valence-corrected chi connectivity index (χ3v) is 2.53. The second kappa shape index (κ2) is 3.81. The average molecular weight is 216 g/mol. The van der Waals surface area contributed by atoms with Crippen LogP contribution < -0.4 is 10.9 Å². The first-order valence-corrected chi connectivity index (χ1v) is 4.98. The SMILES string of the molecule is CNc1cccc2cc(C(C)=O)c(=O)[nH]c12. The van der Waals surface area contributed by atoms with Gasteiger partial charge in [0.05, 0.1) is 16.8 Å². The monoisotopic (exact) mass is 216 g/mol. The van der Waals surface area contributed by atoms with Gasteiger partial charge in [0.2, 0.25) is 0 Å². The summed E-state index contributed by atoms with van der Waals surface area (Å²) in [5.74, 6) is -0.224. The molecule has 0 bridgehead atoms. The van der Waals surface area contributed by atoms with Crippen molar-refractivity contribution in [2.24, 2.45) is 0 Å². The molecule has 0 aliphatic carbocycles. The number of hydrogen-bond acceptors (Lipinski definition) is 3. The number of H-pyrrole nitrogens is 1. The van der Waals surface area contributed by atoms with Crippen molar-refractivity contribution in [3.63, 3.8) is 0 Å². The normalized spacial score (nSPS) is 10.4. The lowest BCUT2D eigenvalue weighted by atomic mass is 10.1. The number of carbonyl (C=O) groups excluding carboxylic acids is 1. The molecule has 0 aliphatic heterocycles. The smallest absolute Gasteiger partial charge is 0.259 e. The molecule has 2 N–H and O–H groups in total. The van der Waals surface area contributed by atoms with E-state index in [0.717, 1.165) is 16.6 Å². The van der Waals surface area contributed by atoms with Gasteiger partial charge in [0.1, 0.15) is 0 Å². The Balaban J connectivity index is 2.83. The van der Waals surface area contributed by atoms with Crippen LogP contribution in [0.25, 0.3) is 10.9 Å². The van der Waals surface area contributed by atoms with Gasteiger partial charge in [0.15, 0.2) is 5.78 Å². The van der Waals surface area contributed by atoms with E-state index in [0.29, 0.717) is 0 Å². The van der Waals surface area contributed by atoms with Crippen LogP contribution in [0.1, 0.15) is 17.3 Å². The highest BCUT2D eigenvalue weighted by Crippen LogP contribution is 2.19. The van der Waals surface area contributed by atoms with Gasteiger partial charge in [0.25, 0.3) is 5.56 Å². The molecule has 16 heavy (non-hydrogen) atoms. The number of benzene rings is 1. The van der Waals surface area contributed by atoms with Crippen molar-refractivity contribution in [2.45, 2.75) is 6.92 Å². The van der Waals surface area contributed by atoms with Crippen molar-refractivity contribution in [2.75, 3.05) is 12.4 Å². The predicted molar refractivity (Wildman–Crippen MR) is 64.1 cm³/mol. The molecule has 0 amide bonds. The van der Waals surface area contributed by atoms with Crippen LogP contribution in [0.15, 0.2) is 29.1 Å². The van der Waals surface area contributed by atoms with Crippen molar-refractivity contribution in [1.29, 1.82) is 0 Å². The van der Waals surface area contributed by atoms with Gasteiger partial charge >= 0.3 is 0 Å². The second-order valence-corrected chi connectivity index (χ2v) is 3.59. The average Bonchev–Trinajstić information content (AvgIpc) is 2.27. The minimum Gasteiger partial charge on any atom is -0.386 e. The van der Waals surface area contributed by atoms with Gasteiger partial charge in [0, 0.05) is 12.4 Å². The maximum atomic E-state index is 11.6. The maximum absolute atomic E-state index is 11.6. The Bertz CT molecular complexity index is 614. The topological polar surface area (TPSA) is 62.0 Å². The first-order valence-electron chi connectivity index (χ1n) is 4.98. The lowest BCUT2D eigenvalue weighted by Crippen LogP contribution is -2.15. The Morgan fingerprint density at radius 2 is 2.12 bits per heavy atom. The minimum atomic E-state index is -0.345. The number of nitrogens with one attached hydrogen (secondary N) is 2. The Kier molecular flexibility index (Phi) is 2.48. The van der Waals surface area contributed by atoms with Crippen LogP contribution in [0, 0.1) is 0 Å². The van der Waals surface area contributed by atoms with Gasteiger partial charge in [-0.05, 0) is 19.1 Å². The van der Waals surface area contributed by atoms with E-state index in [1.54, 1.807) is 13.1 Å². The first-order chi connectivity index (χ1) is 7.63. The molecule has 2 rings (SSSR count). The summed E-state index contributed by atoms with van der Waals surface area (Å²) in [6.45, 7) is 1.39. The first kappa shape index (κ1) is 10.4. The number of pyridine rings is 1. The number of aromatic amines is 1. The molecule has 2 aromatic rings. The van der Waals surface area contributed by atoms with Crippen molar-refractivity contribution >= 4 is 22.4 Å². The van der Waals surface area contributed by atoms with Crippen LogP contribution in [0.4, 0.5) is 5.69 Å². The van der Waals surface area contributed by atoms with Gasteiger partial charge < -0.3 is 10.3 Å². The van der Waals surface area contributed by atoms with E-state index in [1.807, 2.05) is 18.2 Å².